The zero-order valence-corrected chi connectivity index (χ0v) is 9.67. The fourth-order valence-electron chi connectivity index (χ4n) is 1.49. The first-order valence-corrected chi connectivity index (χ1v) is 5.22. The van der Waals surface area contributed by atoms with E-state index in [2.05, 4.69) is 5.32 Å². The summed E-state index contributed by atoms with van der Waals surface area (Å²) in [7, 11) is 1.48. The number of furan rings is 1. The minimum Gasteiger partial charge on any atom is -0.495 e. The van der Waals surface area contributed by atoms with Crippen LogP contribution in [0.4, 0.5) is 5.69 Å². The zero-order valence-electron chi connectivity index (χ0n) is 9.67. The van der Waals surface area contributed by atoms with Crippen LogP contribution in [0.1, 0.15) is 20.9 Å². The van der Waals surface area contributed by atoms with Crippen LogP contribution >= 0.6 is 0 Å². The van der Waals surface area contributed by atoms with E-state index in [-0.39, 0.29) is 5.76 Å². The van der Waals surface area contributed by atoms with Crippen molar-refractivity contribution in [2.45, 2.75) is 0 Å². The maximum Gasteiger partial charge on any atom is 0.291 e. The van der Waals surface area contributed by atoms with E-state index in [9.17, 15) is 9.59 Å². The molecule has 2 aromatic rings. The van der Waals surface area contributed by atoms with Gasteiger partial charge >= 0.3 is 0 Å². The quantitative estimate of drug-likeness (QED) is 0.839. The van der Waals surface area contributed by atoms with Crippen molar-refractivity contribution >= 4 is 17.9 Å². The summed E-state index contributed by atoms with van der Waals surface area (Å²) in [6, 6.07) is 7.92. The Kier molecular flexibility index (Phi) is 3.43. The van der Waals surface area contributed by atoms with E-state index in [0.29, 0.717) is 23.3 Å². The predicted molar refractivity (Wildman–Crippen MR) is 65.0 cm³/mol. The standard InChI is InChI=1S/C13H11NO4/c1-17-11-5-4-9(8-15)7-10(11)14-13(16)12-3-2-6-18-12/h2-8H,1H3,(H,14,16). The number of hydrogen-bond donors (Lipinski definition) is 1. The van der Waals surface area contributed by atoms with Gasteiger partial charge in [0.25, 0.3) is 5.91 Å². The maximum absolute atomic E-state index is 11.8. The fraction of sp³-hybridized carbons (Fsp3) is 0.0769. The molecule has 2 rings (SSSR count). The maximum atomic E-state index is 11.8. The monoisotopic (exact) mass is 245 g/mol. The largest absolute Gasteiger partial charge is 0.495 e. The van der Waals surface area contributed by atoms with Crippen molar-refractivity contribution in [3.05, 3.63) is 47.9 Å². The third-order valence-electron chi connectivity index (χ3n) is 2.35. The van der Waals surface area contributed by atoms with Gasteiger partial charge in [-0.25, -0.2) is 0 Å². The molecule has 0 spiro atoms. The Bertz CT molecular complexity index is 560. The van der Waals surface area contributed by atoms with Gasteiger partial charge in [-0.3, -0.25) is 9.59 Å². The molecule has 0 aliphatic carbocycles. The van der Waals surface area contributed by atoms with Crippen molar-refractivity contribution in [1.29, 1.82) is 0 Å². The van der Waals surface area contributed by atoms with Crippen molar-refractivity contribution in [3.8, 4) is 5.75 Å². The van der Waals surface area contributed by atoms with Gasteiger partial charge in [0, 0.05) is 5.56 Å². The van der Waals surface area contributed by atoms with E-state index >= 15 is 0 Å². The molecule has 0 radical (unpaired) electrons. The normalized spacial score (nSPS) is 9.83. The van der Waals surface area contributed by atoms with Crippen molar-refractivity contribution < 1.29 is 18.7 Å². The highest BCUT2D eigenvalue weighted by molar-refractivity contribution is 6.03. The summed E-state index contributed by atoms with van der Waals surface area (Å²) >= 11 is 0. The van der Waals surface area contributed by atoms with Gasteiger partial charge in [0.05, 0.1) is 19.1 Å². The summed E-state index contributed by atoms with van der Waals surface area (Å²) in [5.74, 6) is 0.260. The zero-order chi connectivity index (χ0) is 13.0. The number of anilines is 1. The van der Waals surface area contributed by atoms with Gasteiger partial charge in [-0.15, -0.1) is 0 Å². The van der Waals surface area contributed by atoms with Gasteiger partial charge in [0.15, 0.2) is 5.76 Å². The van der Waals surface area contributed by atoms with E-state index in [4.69, 9.17) is 9.15 Å². The number of ether oxygens (including phenoxy) is 1. The molecule has 5 heteroatoms. The number of rotatable bonds is 4. The molecule has 1 aromatic carbocycles. The Hall–Kier alpha value is -2.56. The van der Waals surface area contributed by atoms with E-state index in [1.807, 2.05) is 0 Å². The Balaban J connectivity index is 2.27. The number of carbonyl (C=O) groups is 2. The summed E-state index contributed by atoms with van der Waals surface area (Å²) in [5.41, 5.74) is 0.869. The van der Waals surface area contributed by atoms with Crippen molar-refractivity contribution in [1.82, 2.24) is 0 Å². The summed E-state index contributed by atoms with van der Waals surface area (Å²) in [6.45, 7) is 0. The van der Waals surface area contributed by atoms with Crippen LogP contribution in [0.15, 0.2) is 41.0 Å². The number of methoxy groups -OCH3 is 1. The molecule has 18 heavy (non-hydrogen) atoms. The van der Waals surface area contributed by atoms with Crippen LogP contribution in [-0.4, -0.2) is 19.3 Å². The topological polar surface area (TPSA) is 68.5 Å². The average molecular weight is 245 g/mol. The number of aldehydes is 1. The molecular formula is C13H11NO4. The highest BCUT2D eigenvalue weighted by atomic mass is 16.5. The van der Waals surface area contributed by atoms with Gasteiger partial charge in [0.2, 0.25) is 0 Å². The van der Waals surface area contributed by atoms with Crippen LogP contribution in [0.2, 0.25) is 0 Å². The highest BCUT2D eigenvalue weighted by Crippen LogP contribution is 2.25. The summed E-state index contributed by atoms with van der Waals surface area (Å²) < 4.78 is 10.1. The molecule has 0 saturated heterocycles. The molecule has 0 bridgehead atoms. The molecule has 0 aliphatic heterocycles. The number of amides is 1. The van der Waals surface area contributed by atoms with Crippen LogP contribution < -0.4 is 10.1 Å². The molecule has 0 unspecified atom stereocenters. The number of hydrogen-bond acceptors (Lipinski definition) is 4. The third-order valence-corrected chi connectivity index (χ3v) is 2.35. The van der Waals surface area contributed by atoms with Crippen LogP contribution in [-0.2, 0) is 0 Å². The van der Waals surface area contributed by atoms with E-state index < -0.39 is 5.91 Å². The summed E-state index contributed by atoms with van der Waals surface area (Å²) in [5, 5.41) is 2.62. The van der Waals surface area contributed by atoms with E-state index in [1.165, 1.54) is 19.4 Å². The summed E-state index contributed by atoms with van der Waals surface area (Å²) in [6.07, 6.45) is 2.11. The second-order valence-corrected chi connectivity index (χ2v) is 3.51. The lowest BCUT2D eigenvalue weighted by atomic mass is 10.2. The molecule has 1 N–H and O–H groups in total. The minimum absolute atomic E-state index is 0.188. The number of carbonyl (C=O) groups excluding carboxylic acids is 2. The molecule has 1 heterocycles. The molecule has 0 saturated carbocycles. The molecule has 0 atom stereocenters. The van der Waals surface area contributed by atoms with Crippen LogP contribution in [0.3, 0.4) is 0 Å². The first-order chi connectivity index (χ1) is 8.74. The van der Waals surface area contributed by atoms with E-state index in [0.717, 1.165) is 0 Å². The molecule has 1 aromatic heterocycles. The second-order valence-electron chi connectivity index (χ2n) is 3.51. The molecule has 0 aliphatic rings. The van der Waals surface area contributed by atoms with Gasteiger partial charge in [-0.1, -0.05) is 0 Å². The lowest BCUT2D eigenvalue weighted by Crippen LogP contribution is -2.12. The van der Waals surface area contributed by atoms with Crippen LogP contribution in [0.25, 0.3) is 0 Å². The lowest BCUT2D eigenvalue weighted by molar-refractivity contribution is 0.0995. The van der Waals surface area contributed by atoms with E-state index in [1.54, 1.807) is 24.3 Å². The first kappa shape index (κ1) is 11.9. The number of benzene rings is 1. The van der Waals surface area contributed by atoms with Gasteiger partial charge in [0.1, 0.15) is 12.0 Å². The van der Waals surface area contributed by atoms with Gasteiger partial charge in [-0.05, 0) is 30.3 Å². The second kappa shape index (κ2) is 5.18. The smallest absolute Gasteiger partial charge is 0.291 e. The Morgan fingerprint density at radius 3 is 2.83 bits per heavy atom. The molecular weight excluding hydrogens is 234 g/mol. The highest BCUT2D eigenvalue weighted by Gasteiger charge is 2.12. The first-order valence-electron chi connectivity index (χ1n) is 5.22. The van der Waals surface area contributed by atoms with Crippen molar-refractivity contribution in [2.75, 3.05) is 12.4 Å². The van der Waals surface area contributed by atoms with Gasteiger partial charge < -0.3 is 14.5 Å². The fourth-order valence-corrected chi connectivity index (χ4v) is 1.49. The van der Waals surface area contributed by atoms with Crippen LogP contribution in [0, 0.1) is 0 Å². The number of nitrogens with one attached hydrogen (secondary N) is 1. The minimum atomic E-state index is -0.402. The Morgan fingerprint density at radius 1 is 1.39 bits per heavy atom. The Morgan fingerprint density at radius 2 is 2.22 bits per heavy atom. The van der Waals surface area contributed by atoms with Crippen molar-refractivity contribution in [3.63, 3.8) is 0 Å². The van der Waals surface area contributed by atoms with Crippen molar-refractivity contribution in [2.24, 2.45) is 0 Å². The predicted octanol–water partition coefficient (Wildman–Crippen LogP) is 2.35. The molecule has 92 valence electrons. The SMILES string of the molecule is COc1ccc(C=O)cc1NC(=O)c1ccco1. The molecule has 5 nitrogen and oxygen atoms in total. The summed E-state index contributed by atoms with van der Waals surface area (Å²) in [4.78, 5) is 22.5. The third kappa shape index (κ3) is 2.40. The average Bonchev–Trinajstić information content (AvgIpc) is 2.92. The van der Waals surface area contributed by atoms with Gasteiger partial charge in [-0.2, -0.15) is 0 Å². The molecule has 0 fully saturated rings. The molecule has 1 amide bonds. The van der Waals surface area contributed by atoms with Crippen LogP contribution in [0.5, 0.6) is 5.75 Å². The lowest BCUT2D eigenvalue weighted by Gasteiger charge is -2.09. The Labute approximate surface area is 103 Å².